The highest BCUT2D eigenvalue weighted by atomic mass is 19.4. The number of alkyl halides is 3. The van der Waals surface area contributed by atoms with Gasteiger partial charge in [0, 0.05) is 18.2 Å². The van der Waals surface area contributed by atoms with Gasteiger partial charge in [0.2, 0.25) is 5.91 Å². The summed E-state index contributed by atoms with van der Waals surface area (Å²) in [6.07, 6.45) is -1.58. The number of hydrogen-bond donors (Lipinski definition) is 4. The summed E-state index contributed by atoms with van der Waals surface area (Å²) >= 11 is 0. The van der Waals surface area contributed by atoms with Gasteiger partial charge in [-0.1, -0.05) is 30.3 Å². The highest BCUT2D eigenvalue weighted by Crippen LogP contribution is 2.35. The Bertz CT molecular complexity index is 1340. The number of anilines is 1. The first kappa shape index (κ1) is 26.1. The highest BCUT2D eigenvalue weighted by Gasteiger charge is 2.36. The van der Waals surface area contributed by atoms with Gasteiger partial charge in [-0.15, -0.1) is 0 Å². The fourth-order valence-corrected chi connectivity index (χ4v) is 3.38. The lowest BCUT2D eigenvalue weighted by Gasteiger charge is -2.16. The third kappa shape index (κ3) is 6.12. The quantitative estimate of drug-likeness (QED) is 0.273. The Balaban J connectivity index is 2.06. The van der Waals surface area contributed by atoms with Crippen LogP contribution in [0.1, 0.15) is 27.2 Å². The first-order chi connectivity index (χ1) is 17.0. The third-order valence-corrected chi connectivity index (χ3v) is 5.01. The van der Waals surface area contributed by atoms with E-state index in [1.165, 1.54) is 25.5 Å². The van der Waals surface area contributed by atoms with Crippen LogP contribution in [0.4, 0.5) is 23.2 Å². The second-order valence-electron chi connectivity index (χ2n) is 7.60. The lowest BCUT2D eigenvalue weighted by atomic mass is 9.98. The number of benzene rings is 2. The van der Waals surface area contributed by atoms with Gasteiger partial charge in [-0.25, -0.2) is 4.39 Å². The Morgan fingerprint density at radius 3 is 2.42 bits per heavy atom. The summed E-state index contributed by atoms with van der Waals surface area (Å²) in [4.78, 5) is 28.4. The molecule has 0 fully saturated rings. The minimum absolute atomic E-state index is 0.130. The first-order valence-electron chi connectivity index (χ1n) is 10.5. The third-order valence-electron chi connectivity index (χ3n) is 5.01. The summed E-state index contributed by atoms with van der Waals surface area (Å²) in [7, 11) is 1.49. The van der Waals surface area contributed by atoms with Crippen molar-refractivity contribution in [1.82, 2.24) is 10.3 Å². The molecule has 3 rings (SSSR count). The predicted octanol–water partition coefficient (Wildman–Crippen LogP) is 4.29. The van der Waals surface area contributed by atoms with E-state index in [1.54, 1.807) is 30.3 Å². The van der Waals surface area contributed by atoms with Gasteiger partial charge in [0.05, 0.1) is 40.8 Å². The van der Waals surface area contributed by atoms with Crippen molar-refractivity contribution in [2.45, 2.75) is 12.6 Å². The van der Waals surface area contributed by atoms with E-state index in [9.17, 15) is 27.2 Å². The number of nitrogens with one attached hydrogen (secondary N) is 3. The highest BCUT2D eigenvalue weighted by molar-refractivity contribution is 6.11. The van der Waals surface area contributed by atoms with E-state index in [-0.39, 0.29) is 18.2 Å². The van der Waals surface area contributed by atoms with Crippen LogP contribution in [0.5, 0.6) is 0 Å². The zero-order chi connectivity index (χ0) is 26.5. The lowest BCUT2D eigenvalue weighted by molar-refractivity contribution is -0.137. The molecule has 0 bridgehead atoms. The van der Waals surface area contributed by atoms with Crippen LogP contribution in [0.2, 0.25) is 0 Å². The number of primary amides is 1. The molecule has 0 atom stereocenters. The normalized spacial score (nSPS) is 11.4. The maximum Gasteiger partial charge on any atom is 0.417 e. The van der Waals surface area contributed by atoms with Crippen LogP contribution < -0.4 is 16.4 Å². The van der Waals surface area contributed by atoms with Gasteiger partial charge < -0.3 is 21.8 Å². The number of pyridine rings is 1. The maximum atomic E-state index is 14.7. The summed E-state index contributed by atoms with van der Waals surface area (Å²) in [5.41, 5.74) is 3.44. The topological polar surface area (TPSA) is 121 Å². The molecule has 5 N–H and O–H groups in total. The summed E-state index contributed by atoms with van der Waals surface area (Å²) in [5.74, 6) is -3.07. The molecular formula is C25H21F4N5O2. The molecule has 1 heterocycles. The van der Waals surface area contributed by atoms with Crippen LogP contribution in [0, 0.1) is 11.2 Å². The molecule has 0 aliphatic carbocycles. The van der Waals surface area contributed by atoms with Crippen LogP contribution in [-0.4, -0.2) is 29.6 Å². The Hall–Kier alpha value is -4.54. The van der Waals surface area contributed by atoms with Crippen molar-refractivity contribution in [3.63, 3.8) is 0 Å². The summed E-state index contributed by atoms with van der Waals surface area (Å²) < 4.78 is 55.3. The minimum atomic E-state index is -4.95. The first-order valence-corrected chi connectivity index (χ1v) is 10.5. The van der Waals surface area contributed by atoms with Gasteiger partial charge in [-0.2, -0.15) is 13.2 Å². The molecule has 186 valence electrons. The summed E-state index contributed by atoms with van der Waals surface area (Å²) in [6, 6.07) is 11.1. The number of carbonyl (C=O) groups is 2. The number of rotatable bonds is 8. The number of nitrogens with two attached hydrogens (primary N) is 1. The van der Waals surface area contributed by atoms with Gasteiger partial charge in [0.15, 0.2) is 0 Å². The van der Waals surface area contributed by atoms with E-state index in [2.05, 4.69) is 15.6 Å². The second-order valence-corrected chi connectivity index (χ2v) is 7.60. The molecule has 3 aromatic rings. The number of halogens is 4. The maximum absolute atomic E-state index is 14.7. The van der Waals surface area contributed by atoms with E-state index in [1.807, 2.05) is 0 Å². The standard InChI is InChI=1S/C25H21F4N5O2/c1-32-8-7-21(30)17-11-18(20(26)12-19(17)25(27,28)29)24(36)34-22-13-33-15(10-23(31)35)9-16(22)14-5-3-2-4-6-14/h2-9,11-13,30,32H,10H2,1H3,(H2,31,35)(H,34,36)/b8-7-,30-21?. The summed E-state index contributed by atoms with van der Waals surface area (Å²) in [6.45, 7) is 0. The van der Waals surface area contributed by atoms with Gasteiger partial charge >= 0.3 is 6.18 Å². The predicted molar refractivity (Wildman–Crippen MR) is 127 cm³/mol. The molecule has 0 spiro atoms. The van der Waals surface area contributed by atoms with Crippen molar-refractivity contribution in [1.29, 1.82) is 5.41 Å². The molecule has 36 heavy (non-hydrogen) atoms. The molecule has 2 amide bonds. The van der Waals surface area contributed by atoms with Gasteiger partial charge in [0.25, 0.3) is 5.91 Å². The van der Waals surface area contributed by atoms with Crippen LogP contribution in [0.15, 0.2) is 67.0 Å². The van der Waals surface area contributed by atoms with Crippen LogP contribution >= 0.6 is 0 Å². The SMILES string of the molecule is CN/C=C\C(=N)c1cc(C(=O)Nc2cnc(CC(N)=O)cc2-c2ccccc2)c(F)cc1C(F)(F)F. The van der Waals surface area contributed by atoms with Crippen LogP contribution in [0.3, 0.4) is 0 Å². The number of allylic oxidation sites excluding steroid dienone is 1. The fraction of sp³-hybridized carbons (Fsp3) is 0.120. The van der Waals surface area contributed by atoms with E-state index >= 15 is 0 Å². The van der Waals surface area contributed by atoms with Crippen molar-refractivity contribution >= 4 is 23.2 Å². The average molecular weight is 499 g/mol. The van der Waals surface area contributed by atoms with E-state index in [0.717, 1.165) is 6.08 Å². The molecular weight excluding hydrogens is 478 g/mol. The fourth-order valence-electron chi connectivity index (χ4n) is 3.38. The molecule has 0 radical (unpaired) electrons. The van der Waals surface area contributed by atoms with E-state index < -0.39 is 46.2 Å². The van der Waals surface area contributed by atoms with E-state index in [4.69, 9.17) is 11.1 Å². The summed E-state index contributed by atoms with van der Waals surface area (Å²) in [5, 5.41) is 13.0. The average Bonchev–Trinajstić information content (AvgIpc) is 2.82. The van der Waals surface area contributed by atoms with Crippen molar-refractivity contribution < 1.29 is 27.2 Å². The Kier molecular flexibility index (Phi) is 7.83. The van der Waals surface area contributed by atoms with E-state index in [0.29, 0.717) is 22.9 Å². The van der Waals surface area contributed by atoms with Crippen molar-refractivity contribution in [2.75, 3.05) is 12.4 Å². The minimum Gasteiger partial charge on any atom is -0.394 e. The number of amides is 2. The van der Waals surface area contributed by atoms with Crippen molar-refractivity contribution in [3.05, 3.63) is 95.2 Å². The zero-order valence-corrected chi connectivity index (χ0v) is 18.9. The molecule has 0 saturated carbocycles. The van der Waals surface area contributed by atoms with Crippen LogP contribution in [-0.2, 0) is 17.4 Å². The molecule has 2 aromatic carbocycles. The Morgan fingerprint density at radius 1 is 1.11 bits per heavy atom. The monoisotopic (exact) mass is 499 g/mol. The van der Waals surface area contributed by atoms with Crippen LogP contribution in [0.25, 0.3) is 11.1 Å². The smallest absolute Gasteiger partial charge is 0.394 e. The molecule has 0 unspecified atom stereocenters. The number of carbonyl (C=O) groups excluding carboxylic acids is 2. The molecule has 0 aliphatic heterocycles. The number of nitrogens with zero attached hydrogens (tertiary/aromatic N) is 1. The van der Waals surface area contributed by atoms with Gasteiger partial charge in [-0.05, 0) is 36.0 Å². The Labute approximate surface area is 203 Å². The lowest BCUT2D eigenvalue weighted by Crippen LogP contribution is -2.20. The molecule has 0 aliphatic rings. The van der Waals surface area contributed by atoms with Gasteiger partial charge in [0.1, 0.15) is 5.82 Å². The largest absolute Gasteiger partial charge is 0.417 e. The number of hydrogen-bond acceptors (Lipinski definition) is 5. The van der Waals surface area contributed by atoms with Crippen molar-refractivity contribution in [2.24, 2.45) is 5.73 Å². The van der Waals surface area contributed by atoms with Crippen molar-refractivity contribution in [3.8, 4) is 11.1 Å². The Morgan fingerprint density at radius 2 is 1.81 bits per heavy atom. The van der Waals surface area contributed by atoms with Gasteiger partial charge in [-0.3, -0.25) is 14.6 Å². The number of aromatic nitrogens is 1. The zero-order valence-electron chi connectivity index (χ0n) is 18.9. The molecule has 0 saturated heterocycles. The molecule has 1 aromatic heterocycles. The second kappa shape index (κ2) is 10.8. The molecule has 11 heteroatoms. The molecule has 7 nitrogen and oxygen atoms in total.